The second-order valence-electron chi connectivity index (χ2n) is 8.86. The van der Waals surface area contributed by atoms with Gasteiger partial charge in [0.25, 0.3) is 0 Å². The Morgan fingerprint density at radius 3 is 1.53 bits per heavy atom. The van der Waals surface area contributed by atoms with Gasteiger partial charge in [0.05, 0.1) is 0 Å². The van der Waals surface area contributed by atoms with Gasteiger partial charge in [0.15, 0.2) is 0 Å². The van der Waals surface area contributed by atoms with Crippen LogP contribution in [0.4, 0.5) is 0 Å². The maximum atomic E-state index is 11.8. The highest BCUT2D eigenvalue weighted by Crippen LogP contribution is 2.25. The van der Waals surface area contributed by atoms with Crippen LogP contribution in [0.25, 0.3) is 0 Å². The molecule has 1 amide bonds. The minimum atomic E-state index is -4.64. The molecule has 1 unspecified atom stereocenters. The zero-order chi connectivity index (χ0) is 24.7. The van der Waals surface area contributed by atoms with Gasteiger partial charge in [-0.15, -0.1) is 0 Å². The lowest BCUT2D eigenvalue weighted by Gasteiger charge is -2.13. The minimum Gasteiger partial charge on any atom is -0.383 e. The molecule has 0 spiro atoms. The Morgan fingerprint density at radius 1 is 0.781 bits per heavy atom. The van der Waals surface area contributed by atoms with E-state index < -0.39 is 13.9 Å². The van der Waals surface area contributed by atoms with Gasteiger partial charge in [0, 0.05) is 6.54 Å². The molecule has 0 bridgehead atoms. The van der Waals surface area contributed by atoms with Gasteiger partial charge in [-0.3, -0.25) is 4.79 Å². The van der Waals surface area contributed by atoms with Crippen molar-refractivity contribution in [2.24, 2.45) is 0 Å². The molecule has 5 N–H and O–H groups in total. The number of aliphatic hydroxyl groups excluding tert-OH is 1. The number of rotatable bonds is 20. The molecule has 9 heteroatoms. The Kier molecular flexibility index (Phi) is 24.9. The Balaban J connectivity index is 0. The van der Waals surface area contributed by atoms with Crippen LogP contribution in [0.1, 0.15) is 110 Å². The number of carbonyl (C=O) groups is 1. The normalized spacial score (nSPS) is 12.4. The highest BCUT2D eigenvalue weighted by molar-refractivity contribution is 7.45. The number of nitrogens with one attached hydrogen (secondary N) is 1. The molecule has 0 saturated carbocycles. The van der Waals surface area contributed by atoms with Crippen molar-refractivity contribution < 1.29 is 29.1 Å². The molecule has 0 aliphatic heterocycles. The lowest BCUT2D eigenvalue weighted by Crippen LogP contribution is -2.35. The molecule has 1 atom stereocenters. The second-order valence-corrected chi connectivity index (χ2v) is 9.89. The molecule has 0 rings (SSSR count). The largest absolute Gasteiger partial charge is 0.466 e. The molecular weight excluding hydrogens is 431 g/mol. The summed E-state index contributed by atoms with van der Waals surface area (Å²) in [5.41, 5.74) is 0. The van der Waals surface area contributed by atoms with E-state index in [0.29, 0.717) is 13.0 Å². The molecule has 194 valence electrons. The first-order valence-corrected chi connectivity index (χ1v) is 14.0. The molecule has 32 heavy (non-hydrogen) atoms. The highest BCUT2D eigenvalue weighted by atomic mass is 31.2. The van der Waals surface area contributed by atoms with Crippen LogP contribution in [-0.2, 0) is 9.36 Å². The van der Waals surface area contributed by atoms with Crippen LogP contribution in [0.3, 0.4) is 0 Å². The number of unbranched alkanes of at least 4 members (excludes halogenated alkanes) is 13. The topological polar surface area (TPSA) is 130 Å². The summed E-state index contributed by atoms with van der Waals surface area (Å²) >= 11 is 0. The number of amides is 1. The van der Waals surface area contributed by atoms with Crippen molar-refractivity contribution in [3.63, 3.8) is 0 Å². The van der Waals surface area contributed by atoms with Crippen LogP contribution in [0.15, 0.2) is 0 Å². The molecular formula is C23H51N2O6P. The van der Waals surface area contributed by atoms with E-state index in [1.54, 1.807) is 0 Å². The molecule has 0 aliphatic carbocycles. The van der Waals surface area contributed by atoms with Crippen molar-refractivity contribution in [2.45, 2.75) is 116 Å². The maximum Gasteiger partial charge on any atom is 0.466 e. The van der Waals surface area contributed by atoms with E-state index in [4.69, 9.17) is 19.2 Å². The van der Waals surface area contributed by atoms with E-state index in [0.717, 1.165) is 25.8 Å². The molecule has 0 aromatic carbocycles. The molecule has 0 saturated heterocycles. The number of phosphoric acid groups is 1. The lowest BCUT2D eigenvalue weighted by molar-refractivity contribution is -0.129. The van der Waals surface area contributed by atoms with E-state index in [2.05, 4.69) is 17.1 Å². The van der Waals surface area contributed by atoms with Crippen LogP contribution in [0.5, 0.6) is 0 Å². The van der Waals surface area contributed by atoms with E-state index in [9.17, 15) is 9.90 Å². The Hall–Kier alpha value is -0.500. The molecule has 0 heterocycles. The van der Waals surface area contributed by atoms with E-state index >= 15 is 0 Å². The van der Waals surface area contributed by atoms with Crippen molar-refractivity contribution >= 4 is 13.7 Å². The average molecular weight is 483 g/mol. The second kappa shape index (κ2) is 23.7. The Bertz CT molecular complexity index is 452. The first-order valence-electron chi connectivity index (χ1n) is 12.5. The summed E-state index contributed by atoms with van der Waals surface area (Å²) in [4.78, 5) is 35.4. The van der Waals surface area contributed by atoms with Gasteiger partial charge in [-0.05, 0) is 33.5 Å². The smallest absolute Gasteiger partial charge is 0.383 e. The number of nitrogens with zero attached hydrogens (tertiary/aromatic N) is 1. The SMILES string of the molecule is CCCCCCCCCCCCCCCCC(O)C(=O)NCCCN(C)C.O=P(O)(O)O. The van der Waals surface area contributed by atoms with Crippen LogP contribution < -0.4 is 5.32 Å². The number of hydrogen-bond donors (Lipinski definition) is 5. The monoisotopic (exact) mass is 482 g/mol. The third-order valence-corrected chi connectivity index (χ3v) is 5.22. The third-order valence-electron chi connectivity index (χ3n) is 5.22. The lowest BCUT2D eigenvalue weighted by atomic mass is 10.0. The number of aliphatic hydroxyl groups is 1. The fourth-order valence-corrected chi connectivity index (χ4v) is 3.39. The van der Waals surface area contributed by atoms with Gasteiger partial charge in [0.1, 0.15) is 6.10 Å². The van der Waals surface area contributed by atoms with Crippen LogP contribution in [0, 0.1) is 0 Å². The Morgan fingerprint density at radius 2 is 1.16 bits per heavy atom. The quantitative estimate of drug-likeness (QED) is 0.129. The van der Waals surface area contributed by atoms with Gasteiger partial charge < -0.3 is 30.0 Å². The van der Waals surface area contributed by atoms with Crippen LogP contribution in [0.2, 0.25) is 0 Å². The maximum absolute atomic E-state index is 11.8. The van der Waals surface area contributed by atoms with Gasteiger partial charge in [-0.1, -0.05) is 96.8 Å². The minimum absolute atomic E-state index is 0.205. The van der Waals surface area contributed by atoms with E-state index in [1.165, 1.54) is 77.0 Å². The molecule has 0 aromatic rings. The van der Waals surface area contributed by atoms with Crippen LogP contribution in [-0.4, -0.2) is 63.9 Å². The summed E-state index contributed by atoms with van der Waals surface area (Å²) in [6.07, 6.45) is 19.2. The highest BCUT2D eigenvalue weighted by Gasteiger charge is 2.13. The zero-order valence-electron chi connectivity index (χ0n) is 20.8. The third kappa shape index (κ3) is 34.1. The van der Waals surface area contributed by atoms with Crippen LogP contribution >= 0.6 is 7.82 Å². The standard InChI is InChI=1S/C23H48N2O2.H3O4P/c1-4-5-6-7-8-9-10-11-12-13-14-15-16-17-19-22(26)23(27)24-20-18-21-25(2)3;1-5(2,3)4/h22,26H,4-21H2,1-3H3,(H,24,27);(H3,1,2,3,4). The summed E-state index contributed by atoms with van der Waals surface area (Å²) in [6, 6.07) is 0. The number of hydrogen-bond acceptors (Lipinski definition) is 4. The fraction of sp³-hybridized carbons (Fsp3) is 0.957. The van der Waals surface area contributed by atoms with Gasteiger partial charge in [-0.25, -0.2) is 4.57 Å². The predicted molar refractivity (Wildman–Crippen MR) is 131 cm³/mol. The summed E-state index contributed by atoms with van der Waals surface area (Å²) in [7, 11) is -0.599. The average Bonchev–Trinajstić information content (AvgIpc) is 2.69. The van der Waals surface area contributed by atoms with Gasteiger partial charge in [-0.2, -0.15) is 0 Å². The van der Waals surface area contributed by atoms with Gasteiger partial charge >= 0.3 is 7.82 Å². The van der Waals surface area contributed by atoms with Crippen molar-refractivity contribution in [3.05, 3.63) is 0 Å². The summed E-state index contributed by atoms with van der Waals surface area (Å²) in [6.45, 7) is 3.87. The van der Waals surface area contributed by atoms with E-state index in [1.807, 2.05) is 14.1 Å². The molecule has 8 nitrogen and oxygen atoms in total. The van der Waals surface area contributed by atoms with Crippen molar-refractivity contribution in [1.29, 1.82) is 0 Å². The predicted octanol–water partition coefficient (Wildman–Crippen LogP) is 4.36. The molecule has 0 aromatic heterocycles. The first kappa shape index (κ1) is 33.7. The molecule has 0 fully saturated rings. The molecule has 0 aliphatic rings. The summed E-state index contributed by atoms with van der Waals surface area (Å²) in [5.74, 6) is -0.205. The summed E-state index contributed by atoms with van der Waals surface area (Å²) in [5, 5.41) is 12.7. The molecule has 0 radical (unpaired) electrons. The van der Waals surface area contributed by atoms with Crippen molar-refractivity contribution in [2.75, 3.05) is 27.2 Å². The summed E-state index contributed by atoms with van der Waals surface area (Å²) < 4.78 is 8.88. The zero-order valence-corrected chi connectivity index (χ0v) is 21.7. The van der Waals surface area contributed by atoms with Crippen molar-refractivity contribution in [3.8, 4) is 0 Å². The van der Waals surface area contributed by atoms with Gasteiger partial charge in [0.2, 0.25) is 5.91 Å². The number of carbonyl (C=O) groups excluding carboxylic acids is 1. The fourth-order valence-electron chi connectivity index (χ4n) is 3.39. The first-order chi connectivity index (χ1) is 15.1. The Labute approximate surface area is 196 Å². The van der Waals surface area contributed by atoms with Crippen molar-refractivity contribution in [1.82, 2.24) is 10.2 Å². The van der Waals surface area contributed by atoms with E-state index in [-0.39, 0.29) is 5.91 Å².